The van der Waals surface area contributed by atoms with Gasteiger partial charge in [-0.15, -0.1) is 0 Å². The Morgan fingerprint density at radius 3 is 2.71 bits per heavy atom. The van der Waals surface area contributed by atoms with Crippen LogP contribution in [0, 0.1) is 0 Å². The van der Waals surface area contributed by atoms with Gasteiger partial charge in [-0.25, -0.2) is 17.4 Å². The number of ether oxygens (including phenoxy) is 1. The van der Waals surface area contributed by atoms with E-state index < -0.39 is 10.0 Å². The molecule has 1 aromatic heterocycles. The fourth-order valence-corrected chi connectivity index (χ4v) is 2.59. The molecule has 1 aromatic rings. The molecule has 21 heavy (non-hydrogen) atoms. The van der Waals surface area contributed by atoms with E-state index in [4.69, 9.17) is 4.74 Å². The highest BCUT2D eigenvalue weighted by Crippen LogP contribution is 2.15. The van der Waals surface area contributed by atoms with Gasteiger partial charge >= 0.3 is 0 Å². The molecule has 0 bridgehead atoms. The largest absolute Gasteiger partial charge is 0.383 e. The third-order valence-electron chi connectivity index (χ3n) is 2.72. The van der Waals surface area contributed by atoms with Gasteiger partial charge in [0.2, 0.25) is 10.0 Å². The Bertz CT molecular complexity index is 630. The smallest absolute Gasteiger partial charge is 0.283 e. The molecule has 0 aliphatic carbocycles. The Labute approximate surface area is 132 Å². The second-order valence-corrected chi connectivity index (χ2v) is 7.51. The number of nitrogens with one attached hydrogen (secondary N) is 1. The summed E-state index contributed by atoms with van der Waals surface area (Å²) in [7, 11) is 1.22. The summed E-state index contributed by atoms with van der Waals surface area (Å²) < 4.78 is 30.9. The van der Waals surface area contributed by atoms with Gasteiger partial charge in [-0.1, -0.05) is 0 Å². The lowest BCUT2D eigenvalue weighted by Crippen LogP contribution is -2.29. The van der Waals surface area contributed by atoms with Crippen molar-refractivity contribution >= 4 is 31.6 Å². The van der Waals surface area contributed by atoms with E-state index in [0.717, 1.165) is 4.31 Å². The summed E-state index contributed by atoms with van der Waals surface area (Å²) in [6.45, 7) is 0.915. The van der Waals surface area contributed by atoms with Crippen molar-refractivity contribution in [3.05, 3.63) is 21.0 Å². The van der Waals surface area contributed by atoms with Gasteiger partial charge < -0.3 is 10.1 Å². The molecule has 1 N–H and O–H groups in total. The van der Waals surface area contributed by atoms with E-state index in [1.807, 2.05) is 0 Å². The van der Waals surface area contributed by atoms with Gasteiger partial charge in [0.1, 0.15) is 4.47 Å². The molecule has 1 heterocycles. The maximum atomic E-state index is 12.0. The normalized spacial score (nSPS) is 11.9. The standard InChI is InChI=1S/C11H19BrN4O4S/c1-15(2)21(18,19)7-4-13-9-8-14-16(5-6-20-3)11(17)10(9)12/h8,13H,4-7H2,1-3H3. The van der Waals surface area contributed by atoms with Crippen molar-refractivity contribution in [3.63, 3.8) is 0 Å². The van der Waals surface area contributed by atoms with Crippen molar-refractivity contribution in [1.29, 1.82) is 0 Å². The van der Waals surface area contributed by atoms with Crippen LogP contribution in [0.15, 0.2) is 15.5 Å². The first-order valence-electron chi connectivity index (χ1n) is 6.18. The first kappa shape index (κ1) is 18.1. The zero-order chi connectivity index (χ0) is 16.0. The third-order valence-corrected chi connectivity index (χ3v) is 5.32. The third kappa shape index (κ3) is 5.06. The maximum absolute atomic E-state index is 12.0. The molecule has 0 aromatic carbocycles. The van der Waals surface area contributed by atoms with Crippen LogP contribution in [0.25, 0.3) is 0 Å². The molecule has 0 radical (unpaired) electrons. The Morgan fingerprint density at radius 2 is 2.14 bits per heavy atom. The van der Waals surface area contributed by atoms with Crippen LogP contribution in [0.3, 0.4) is 0 Å². The number of hydrogen-bond acceptors (Lipinski definition) is 6. The SMILES string of the molecule is COCCn1ncc(NCCS(=O)(=O)N(C)C)c(Br)c1=O. The van der Waals surface area contributed by atoms with Crippen LogP contribution < -0.4 is 10.9 Å². The Kier molecular flexibility index (Phi) is 6.78. The Balaban J connectivity index is 2.74. The number of halogens is 1. The molecule has 0 spiro atoms. The summed E-state index contributed by atoms with van der Waals surface area (Å²) in [5, 5.41) is 6.89. The van der Waals surface area contributed by atoms with Crippen LogP contribution in [0.2, 0.25) is 0 Å². The van der Waals surface area contributed by atoms with Gasteiger partial charge in [0, 0.05) is 27.7 Å². The number of aromatic nitrogens is 2. The van der Waals surface area contributed by atoms with Gasteiger partial charge in [-0.3, -0.25) is 4.79 Å². The van der Waals surface area contributed by atoms with E-state index in [0.29, 0.717) is 23.3 Å². The molecule has 10 heteroatoms. The van der Waals surface area contributed by atoms with Gasteiger partial charge in [-0.2, -0.15) is 5.10 Å². The van der Waals surface area contributed by atoms with Crippen molar-refractivity contribution < 1.29 is 13.2 Å². The predicted octanol–water partition coefficient (Wildman–Crippen LogP) is -0.0445. The number of sulfonamides is 1. The lowest BCUT2D eigenvalue weighted by atomic mass is 10.4. The lowest BCUT2D eigenvalue weighted by Gasteiger charge is -2.13. The molecular formula is C11H19BrN4O4S. The minimum absolute atomic E-state index is 0.0702. The number of rotatable bonds is 8. The molecule has 1 rings (SSSR count). The topological polar surface area (TPSA) is 93.5 Å². The molecule has 120 valence electrons. The molecule has 0 saturated carbocycles. The number of methoxy groups -OCH3 is 1. The van der Waals surface area contributed by atoms with E-state index >= 15 is 0 Å². The minimum atomic E-state index is -3.28. The van der Waals surface area contributed by atoms with Crippen LogP contribution >= 0.6 is 15.9 Å². The van der Waals surface area contributed by atoms with Crippen LogP contribution in [0.1, 0.15) is 0 Å². The van der Waals surface area contributed by atoms with E-state index in [9.17, 15) is 13.2 Å². The maximum Gasteiger partial charge on any atom is 0.283 e. The van der Waals surface area contributed by atoms with Crippen molar-refractivity contribution in [2.45, 2.75) is 6.54 Å². The van der Waals surface area contributed by atoms with Crippen molar-refractivity contribution in [3.8, 4) is 0 Å². The monoisotopic (exact) mass is 382 g/mol. The Hall–Kier alpha value is -0.970. The molecule has 0 unspecified atom stereocenters. The fourth-order valence-electron chi connectivity index (χ4n) is 1.42. The summed E-state index contributed by atoms with van der Waals surface area (Å²) in [5.41, 5.74) is 0.162. The van der Waals surface area contributed by atoms with E-state index in [-0.39, 0.29) is 17.9 Å². The zero-order valence-electron chi connectivity index (χ0n) is 12.2. The molecule has 0 atom stereocenters. The average molecular weight is 383 g/mol. The average Bonchev–Trinajstić information content (AvgIpc) is 2.42. The zero-order valence-corrected chi connectivity index (χ0v) is 14.6. The summed E-state index contributed by atoms with van der Waals surface area (Å²) >= 11 is 3.20. The summed E-state index contributed by atoms with van der Waals surface area (Å²) in [6.07, 6.45) is 1.48. The van der Waals surface area contributed by atoms with Crippen LogP contribution in [-0.2, 0) is 21.3 Å². The first-order chi connectivity index (χ1) is 9.79. The highest BCUT2D eigenvalue weighted by molar-refractivity contribution is 9.10. The minimum Gasteiger partial charge on any atom is -0.383 e. The van der Waals surface area contributed by atoms with Crippen molar-refractivity contribution in [2.24, 2.45) is 0 Å². The van der Waals surface area contributed by atoms with Crippen molar-refractivity contribution in [2.75, 3.05) is 45.4 Å². The molecule has 0 aliphatic heterocycles. The van der Waals surface area contributed by atoms with E-state index in [2.05, 4.69) is 26.3 Å². The van der Waals surface area contributed by atoms with Gasteiger partial charge in [0.15, 0.2) is 0 Å². The van der Waals surface area contributed by atoms with Crippen LogP contribution in [0.5, 0.6) is 0 Å². The highest BCUT2D eigenvalue weighted by Gasteiger charge is 2.14. The molecule has 0 amide bonds. The molecule has 0 aliphatic rings. The van der Waals surface area contributed by atoms with Crippen LogP contribution in [0.4, 0.5) is 5.69 Å². The molecule has 8 nitrogen and oxygen atoms in total. The van der Waals surface area contributed by atoms with E-state index in [1.165, 1.54) is 25.0 Å². The molecule has 0 saturated heterocycles. The molecular weight excluding hydrogens is 364 g/mol. The predicted molar refractivity (Wildman–Crippen MR) is 84.0 cm³/mol. The number of anilines is 1. The summed E-state index contributed by atoms with van der Waals surface area (Å²) in [6, 6.07) is 0. The second-order valence-electron chi connectivity index (χ2n) is 4.42. The first-order valence-corrected chi connectivity index (χ1v) is 8.58. The fraction of sp³-hybridized carbons (Fsp3) is 0.636. The lowest BCUT2D eigenvalue weighted by molar-refractivity contribution is 0.181. The molecule has 0 fully saturated rings. The van der Waals surface area contributed by atoms with E-state index in [1.54, 1.807) is 7.11 Å². The van der Waals surface area contributed by atoms with Crippen molar-refractivity contribution in [1.82, 2.24) is 14.1 Å². The summed E-state index contributed by atoms with van der Waals surface area (Å²) in [4.78, 5) is 12.0. The van der Waals surface area contributed by atoms with Gasteiger partial charge in [0.25, 0.3) is 5.56 Å². The van der Waals surface area contributed by atoms with Gasteiger partial charge in [-0.05, 0) is 15.9 Å². The Morgan fingerprint density at radius 1 is 1.48 bits per heavy atom. The van der Waals surface area contributed by atoms with Gasteiger partial charge in [0.05, 0.1) is 30.8 Å². The number of nitrogens with zero attached hydrogens (tertiary/aromatic N) is 3. The van der Waals surface area contributed by atoms with Crippen LogP contribution in [-0.4, -0.2) is 62.6 Å². The second kappa shape index (κ2) is 7.87. The summed E-state index contributed by atoms with van der Waals surface area (Å²) in [5.74, 6) is -0.0702. The number of hydrogen-bond donors (Lipinski definition) is 1. The quantitative estimate of drug-likeness (QED) is 0.677. The highest BCUT2D eigenvalue weighted by atomic mass is 79.9.